The van der Waals surface area contributed by atoms with Gasteiger partial charge in [0.25, 0.3) is 0 Å². The van der Waals surface area contributed by atoms with Crippen molar-refractivity contribution in [3.8, 4) is 28.5 Å². The second-order valence-corrected chi connectivity index (χ2v) is 34.2. The van der Waals surface area contributed by atoms with Crippen molar-refractivity contribution in [3.05, 3.63) is 334 Å². The van der Waals surface area contributed by atoms with Gasteiger partial charge in [-0.05, 0) is 221 Å². The first-order valence-corrected chi connectivity index (χ1v) is 39.8. The van der Waals surface area contributed by atoms with Crippen LogP contribution in [0.15, 0.2) is 277 Å². The predicted octanol–water partition coefficient (Wildman–Crippen LogP) is 25.7. The highest BCUT2D eigenvalue weighted by Gasteiger charge is 2.43. The van der Waals surface area contributed by atoms with Gasteiger partial charge in [0.05, 0.1) is 34.0 Å². The summed E-state index contributed by atoms with van der Waals surface area (Å²) in [6, 6.07) is 85.9. The zero-order valence-corrected chi connectivity index (χ0v) is 63.7. The lowest BCUT2D eigenvalue weighted by molar-refractivity contribution is 0.332. The molecule has 5 aliphatic carbocycles. The first kappa shape index (κ1) is 66.3. The van der Waals surface area contributed by atoms with E-state index in [1.807, 2.05) is 12.1 Å². The van der Waals surface area contributed by atoms with E-state index in [1.165, 1.54) is 132 Å². The van der Waals surface area contributed by atoms with Crippen molar-refractivity contribution in [1.82, 2.24) is 24.1 Å². The molecule has 4 heterocycles. The number of hydrogen-bond donors (Lipinski definition) is 0. The van der Waals surface area contributed by atoms with E-state index in [1.54, 1.807) is 0 Å². The molecule has 0 spiro atoms. The topological polar surface area (TPSA) is 73.2 Å². The molecule has 15 aromatic rings. The maximum atomic E-state index is 5.84. The number of fused-ring (bicyclic) bond motifs is 17. The quantitative estimate of drug-likeness (QED) is 0.145. The molecule has 1 aliphatic heterocycles. The fraction of sp³-hybridized carbons (Fsp3) is 0.214. The van der Waals surface area contributed by atoms with Gasteiger partial charge in [0.2, 0.25) is 0 Å². The van der Waals surface area contributed by atoms with Crippen LogP contribution in [0.2, 0.25) is 0 Å². The van der Waals surface area contributed by atoms with Gasteiger partial charge in [0.15, 0.2) is 17.5 Å². The van der Waals surface area contributed by atoms with Crippen LogP contribution in [0.5, 0.6) is 0 Å². The van der Waals surface area contributed by atoms with Crippen molar-refractivity contribution in [2.75, 3.05) is 0 Å². The summed E-state index contributed by atoms with van der Waals surface area (Å²) in [6.07, 6.45) is 27.4. The molecule has 110 heavy (non-hydrogen) atoms. The third kappa shape index (κ3) is 10.7. The van der Waals surface area contributed by atoms with E-state index in [4.69, 9.17) is 24.9 Å². The molecule has 6 aliphatic rings. The molecule has 7 heteroatoms. The van der Waals surface area contributed by atoms with Crippen molar-refractivity contribution in [3.63, 3.8) is 0 Å². The standard InChI is InChI=1S/C103H87N7/c1-100(2)49-50-101(3,4)87-61-94-84(60-85(87)100)95-75-38-20-19-25-63(75)42-48-91(95)109(94)73-36-23-34-69(53-73)90-47-46-89(64-26-11-8-12-27-64)104-98(105-90)71-41-44-79-80(56-71)77-40-22-21-39-76(77)78-45-43-72(58-81(78)79)103(7)52-51-102(5,6)86-59-83-82-55-67-32-17-18-33-68(67)57-92(82)110(93(83)62-88(86)103)74-37-24-35-70(54-74)99-107-96(65-28-13-9-14-29-65)106-97(108-99)66-30-15-10-16-31-66/h8-21,23-39,41-46,48,53,55,57-62,71,74H,22,40,47,49-52,54,56H2,1-7H3. The molecule has 3 atom stereocenters. The molecule has 21 rings (SSSR count). The number of amidine groups is 1. The van der Waals surface area contributed by atoms with Crippen LogP contribution in [-0.4, -0.2) is 35.6 Å². The van der Waals surface area contributed by atoms with Crippen LogP contribution in [0, 0.1) is 5.92 Å². The number of rotatable bonds is 9. The Morgan fingerprint density at radius 1 is 0.418 bits per heavy atom. The van der Waals surface area contributed by atoms with Crippen LogP contribution >= 0.6 is 0 Å². The fourth-order valence-corrected chi connectivity index (χ4v) is 19.9. The Labute approximate surface area is 643 Å². The zero-order chi connectivity index (χ0) is 73.9. The second-order valence-electron chi connectivity index (χ2n) is 34.2. The molecule has 0 radical (unpaired) electrons. The van der Waals surface area contributed by atoms with Crippen LogP contribution in [0.3, 0.4) is 0 Å². The van der Waals surface area contributed by atoms with Crippen molar-refractivity contribution in [2.24, 2.45) is 15.9 Å². The Kier molecular flexibility index (Phi) is 15.1. The molecule has 0 amide bonds. The second kappa shape index (κ2) is 25.1. The third-order valence-electron chi connectivity index (χ3n) is 26.2. The Morgan fingerprint density at radius 3 is 1.79 bits per heavy atom. The minimum atomic E-state index is -0.319. The molecule has 12 aromatic carbocycles. The Balaban J connectivity index is 0.679. The molecule has 0 bridgehead atoms. The Hall–Kier alpha value is -11.9. The van der Waals surface area contributed by atoms with Gasteiger partial charge >= 0.3 is 0 Å². The molecule has 0 saturated heterocycles. The van der Waals surface area contributed by atoms with Gasteiger partial charge in [-0.15, -0.1) is 0 Å². The summed E-state index contributed by atoms with van der Waals surface area (Å²) in [6.45, 7) is 17.3. The summed E-state index contributed by atoms with van der Waals surface area (Å²) in [7, 11) is 0. The molecule has 3 aromatic heterocycles. The molecule has 534 valence electrons. The minimum absolute atomic E-state index is 0.0322. The van der Waals surface area contributed by atoms with Crippen LogP contribution in [-0.2, 0) is 34.5 Å². The average Bonchev–Trinajstić information content (AvgIpc) is 1.22. The van der Waals surface area contributed by atoms with Gasteiger partial charge in [-0.3, -0.25) is 0 Å². The lowest BCUT2D eigenvalue weighted by Gasteiger charge is -2.44. The lowest BCUT2D eigenvalue weighted by atomic mass is 9.59. The predicted molar refractivity (Wildman–Crippen MR) is 461 cm³/mol. The van der Waals surface area contributed by atoms with Crippen LogP contribution in [0.4, 0.5) is 0 Å². The maximum Gasteiger partial charge on any atom is 0.164 e. The van der Waals surface area contributed by atoms with Gasteiger partial charge in [-0.1, -0.05) is 267 Å². The largest absolute Gasteiger partial charge is 0.333 e. The molecule has 3 unspecified atom stereocenters. The summed E-state index contributed by atoms with van der Waals surface area (Å²) >= 11 is 0. The monoisotopic (exact) mass is 1420 g/mol. The molecule has 7 nitrogen and oxygen atoms in total. The molecular formula is C103H87N7. The van der Waals surface area contributed by atoms with Crippen molar-refractivity contribution < 1.29 is 0 Å². The number of hydrogen-bond acceptors (Lipinski definition) is 5. The van der Waals surface area contributed by atoms with E-state index in [-0.39, 0.29) is 33.6 Å². The van der Waals surface area contributed by atoms with Crippen LogP contribution in [0.25, 0.3) is 128 Å². The summed E-state index contributed by atoms with van der Waals surface area (Å²) < 4.78 is 5.20. The highest BCUT2D eigenvalue weighted by atomic mass is 15.1. The number of nitrogens with zero attached hydrogens (tertiary/aromatic N) is 7. The normalized spacial score (nSPS) is 19.6. The van der Waals surface area contributed by atoms with Gasteiger partial charge in [0, 0.05) is 68.1 Å². The molecule has 0 fully saturated rings. The Bertz CT molecular complexity index is 6600. The van der Waals surface area contributed by atoms with Gasteiger partial charge in [-0.2, -0.15) is 0 Å². The van der Waals surface area contributed by atoms with Crippen LogP contribution < -0.4 is 0 Å². The smallest absolute Gasteiger partial charge is 0.164 e. The summed E-state index contributed by atoms with van der Waals surface area (Å²) in [5.41, 5.74) is 25.8. The average molecular weight is 1420 g/mol. The van der Waals surface area contributed by atoms with Crippen molar-refractivity contribution in [1.29, 1.82) is 0 Å². The zero-order valence-electron chi connectivity index (χ0n) is 63.7. The summed E-state index contributed by atoms with van der Waals surface area (Å²) in [5.74, 6) is 2.83. The van der Waals surface area contributed by atoms with E-state index in [2.05, 4.69) is 325 Å². The van der Waals surface area contributed by atoms with E-state index < -0.39 is 0 Å². The first-order valence-electron chi connectivity index (χ1n) is 39.8. The molecular weight excluding hydrogens is 1340 g/mol. The van der Waals surface area contributed by atoms with Gasteiger partial charge in [-0.25, -0.2) is 24.9 Å². The Morgan fingerprint density at radius 2 is 1.04 bits per heavy atom. The van der Waals surface area contributed by atoms with Crippen molar-refractivity contribution >= 4 is 111 Å². The molecule has 0 N–H and O–H groups in total. The van der Waals surface area contributed by atoms with E-state index in [0.29, 0.717) is 30.3 Å². The number of allylic oxidation sites excluding steroid dienone is 6. The fourth-order valence-electron chi connectivity index (χ4n) is 19.9. The summed E-state index contributed by atoms with van der Waals surface area (Å²) in [4.78, 5) is 27.2. The minimum Gasteiger partial charge on any atom is -0.333 e. The van der Waals surface area contributed by atoms with Crippen molar-refractivity contribution in [2.45, 2.75) is 134 Å². The van der Waals surface area contributed by atoms with Gasteiger partial charge in [0.1, 0.15) is 5.84 Å². The summed E-state index contributed by atoms with van der Waals surface area (Å²) in [5, 5.41) is 12.9. The first-order chi connectivity index (χ1) is 53.6. The lowest BCUT2D eigenvalue weighted by Crippen LogP contribution is -2.36. The number of benzene rings is 12. The van der Waals surface area contributed by atoms with Crippen LogP contribution in [0.1, 0.15) is 166 Å². The number of aromatic nitrogens is 5. The van der Waals surface area contributed by atoms with E-state index in [9.17, 15) is 0 Å². The number of aliphatic imine (C=N–C) groups is 2. The third-order valence-corrected chi connectivity index (χ3v) is 26.2. The highest BCUT2D eigenvalue weighted by Crippen LogP contribution is 2.55. The van der Waals surface area contributed by atoms with E-state index in [0.717, 1.165) is 89.3 Å². The van der Waals surface area contributed by atoms with Gasteiger partial charge < -0.3 is 9.13 Å². The molecule has 0 saturated carbocycles. The van der Waals surface area contributed by atoms with E-state index >= 15 is 0 Å². The SMILES string of the molecule is CC1(C)CCC(C)(C)c2cc3c(cc21)c1c2ccccc2ccc1n3-c1cccc(C2=NC(C3C=Cc4c(c5c(c6ccc(C7(C)CCC(C)(C)c8cc9c%10cc%11ccccc%11cc%10n(C%10C=CC=C(c%11nc(-c%12ccccc%12)nc(-c%12ccccc%12)n%11)C%10)c9cc87)cc46)C=CCC5)C3)=NC(c3ccccc3)=CC2)c1. The highest BCUT2D eigenvalue weighted by molar-refractivity contribution is 6.22. The maximum absolute atomic E-state index is 5.84.